The predicted molar refractivity (Wildman–Crippen MR) is 25.7 cm³/mol. The highest BCUT2D eigenvalue weighted by molar-refractivity contribution is 5.76. The maximum absolute atomic E-state index is 9.81. The van der Waals surface area contributed by atoms with Crippen molar-refractivity contribution in [3.63, 3.8) is 0 Å². The molecule has 7 heavy (non-hydrogen) atoms. The summed E-state index contributed by atoms with van der Waals surface area (Å²) in [5.41, 5.74) is 0.500. The van der Waals surface area contributed by atoms with Crippen molar-refractivity contribution in [3.8, 4) is 0 Å². The lowest BCUT2D eigenvalue weighted by Gasteiger charge is -1.88. The van der Waals surface area contributed by atoms with Crippen LogP contribution in [0.15, 0.2) is 29.1 Å². The number of aliphatic imine (C=N–C) groups is 1. The van der Waals surface area contributed by atoms with Crippen LogP contribution in [0.2, 0.25) is 0 Å². The molecule has 0 aromatic carbocycles. The van der Waals surface area contributed by atoms with Crippen LogP contribution in [0.1, 0.15) is 0 Å². The largest absolute Gasteiger partial charge is 0.876 e. The van der Waals surface area contributed by atoms with Crippen molar-refractivity contribution in [2.45, 2.75) is 0 Å². The lowest BCUT2D eigenvalue weighted by atomic mass is 10.5. The zero-order valence-corrected chi connectivity index (χ0v) is 3.66. The average Bonchev–Trinajstić information content (AvgIpc) is 2.14. The van der Waals surface area contributed by atoms with Crippen LogP contribution in [0.4, 0.5) is 0 Å². The van der Waals surface area contributed by atoms with E-state index < -0.39 is 0 Å². The fourth-order valence-electron chi connectivity index (χ4n) is 0.383. The molecule has 0 unspecified atom stereocenters. The summed E-state index contributed by atoms with van der Waals surface area (Å²) in [6.07, 6.45) is 5.69. The van der Waals surface area contributed by atoms with Crippen LogP contribution in [0.25, 0.3) is 0 Å². The maximum atomic E-state index is 9.81. The quantitative estimate of drug-likeness (QED) is 0.384. The Hall–Kier alpha value is -1.05. The smallest absolute Gasteiger partial charge is 0.0478 e. The van der Waals surface area contributed by atoms with Gasteiger partial charge in [-0.3, -0.25) is 4.99 Å². The normalized spacial score (nSPS) is 22.0. The van der Waals surface area contributed by atoms with Crippen molar-refractivity contribution >= 4 is 6.21 Å². The van der Waals surface area contributed by atoms with Gasteiger partial charge in [0.15, 0.2) is 0 Å². The minimum absolute atomic E-state index is 0.500. The van der Waals surface area contributed by atoms with Crippen LogP contribution in [-0.4, -0.2) is 6.21 Å². The van der Waals surface area contributed by atoms with Crippen LogP contribution in [-0.2, 0) is 0 Å². The first-order valence-electron chi connectivity index (χ1n) is 1.96. The summed E-state index contributed by atoms with van der Waals surface area (Å²) in [5, 5.41) is 9.81. The molecule has 0 fully saturated rings. The zero-order valence-electron chi connectivity index (χ0n) is 3.66. The molecule has 1 rings (SSSR count). The zero-order chi connectivity index (χ0) is 5.11. The van der Waals surface area contributed by atoms with Crippen LogP contribution < -0.4 is 5.11 Å². The Balaban J connectivity index is 2.79. The summed E-state index contributed by atoms with van der Waals surface area (Å²) in [7, 11) is 0. The highest BCUT2D eigenvalue weighted by Crippen LogP contribution is 1.99. The van der Waals surface area contributed by atoms with Gasteiger partial charge in [0.05, 0.1) is 0 Å². The van der Waals surface area contributed by atoms with Gasteiger partial charge in [-0.25, -0.2) is 0 Å². The number of allylic oxidation sites excluding steroid dienone is 2. The molecule has 2 heteroatoms. The molecule has 0 bridgehead atoms. The summed E-state index contributed by atoms with van der Waals surface area (Å²) in [4.78, 5) is 3.67. The predicted octanol–water partition coefficient (Wildman–Crippen LogP) is -0.171. The summed E-state index contributed by atoms with van der Waals surface area (Å²) in [6.45, 7) is 0. The van der Waals surface area contributed by atoms with Gasteiger partial charge in [-0.05, 0) is 12.2 Å². The molecule has 1 heterocycles. The van der Waals surface area contributed by atoms with E-state index in [-0.39, 0.29) is 0 Å². The van der Waals surface area contributed by atoms with Crippen LogP contribution in [0, 0.1) is 0 Å². The Kier molecular flexibility index (Phi) is 0.941. The number of hydrogen-bond donors (Lipinski definition) is 0. The van der Waals surface area contributed by atoms with Gasteiger partial charge in [-0.2, -0.15) is 0 Å². The minimum Gasteiger partial charge on any atom is -0.876 e. The van der Waals surface area contributed by atoms with Crippen molar-refractivity contribution in [2.75, 3.05) is 0 Å². The molecule has 0 radical (unpaired) electrons. The van der Waals surface area contributed by atoms with E-state index >= 15 is 0 Å². The van der Waals surface area contributed by atoms with Crippen molar-refractivity contribution in [1.29, 1.82) is 0 Å². The summed E-state index contributed by atoms with van der Waals surface area (Å²) in [5.74, 6) is 0. The molecule has 0 aliphatic carbocycles. The third-order valence-electron chi connectivity index (χ3n) is 0.697. The van der Waals surface area contributed by atoms with Crippen LogP contribution >= 0.6 is 0 Å². The van der Waals surface area contributed by atoms with E-state index in [1.54, 1.807) is 18.4 Å². The molecule has 2 nitrogen and oxygen atoms in total. The maximum Gasteiger partial charge on any atom is 0.0478 e. The Bertz CT molecular complexity index is 130. The van der Waals surface area contributed by atoms with Crippen LogP contribution in [0.3, 0.4) is 0 Å². The molecule has 0 saturated carbocycles. The Labute approximate surface area is 41.5 Å². The van der Waals surface area contributed by atoms with E-state index in [2.05, 4.69) is 4.99 Å². The van der Waals surface area contributed by atoms with Gasteiger partial charge in [0.2, 0.25) is 0 Å². The molecule has 0 atom stereocenters. The van der Waals surface area contributed by atoms with E-state index in [0.29, 0.717) is 5.70 Å². The summed E-state index contributed by atoms with van der Waals surface area (Å²) in [6, 6.07) is 0. The Morgan fingerprint density at radius 2 is 2.57 bits per heavy atom. The van der Waals surface area contributed by atoms with Crippen molar-refractivity contribution in [1.82, 2.24) is 0 Å². The number of nitrogens with zero attached hydrogens (tertiary/aromatic N) is 1. The minimum atomic E-state index is 0.500. The molecule has 0 N–H and O–H groups in total. The van der Waals surface area contributed by atoms with E-state index in [0.717, 1.165) is 6.26 Å². The first kappa shape index (κ1) is 4.12. The monoisotopic (exact) mass is 94.0 g/mol. The Morgan fingerprint density at radius 3 is 2.86 bits per heavy atom. The third kappa shape index (κ3) is 0.682. The highest BCUT2D eigenvalue weighted by atomic mass is 16.2. The number of rotatable bonds is 0. The van der Waals surface area contributed by atoms with Crippen LogP contribution in [0.5, 0.6) is 0 Å². The first-order chi connectivity index (χ1) is 3.43. The SMILES string of the molecule is [O-]/C=C1/C=CC=N1. The molecule has 0 saturated heterocycles. The second kappa shape index (κ2) is 1.60. The fourth-order valence-corrected chi connectivity index (χ4v) is 0.383. The second-order valence-electron chi connectivity index (χ2n) is 1.18. The molecular formula is C5H4NO-. The Morgan fingerprint density at radius 1 is 1.71 bits per heavy atom. The average molecular weight is 94.1 g/mol. The third-order valence-corrected chi connectivity index (χ3v) is 0.697. The fraction of sp³-hybridized carbons (Fsp3) is 0. The summed E-state index contributed by atoms with van der Waals surface area (Å²) >= 11 is 0. The molecule has 0 aromatic rings. The van der Waals surface area contributed by atoms with Crippen molar-refractivity contribution in [3.05, 3.63) is 24.1 Å². The van der Waals surface area contributed by atoms with Gasteiger partial charge < -0.3 is 5.11 Å². The molecule has 1 aliphatic rings. The van der Waals surface area contributed by atoms with Crippen molar-refractivity contribution in [2.24, 2.45) is 4.99 Å². The molecule has 36 valence electrons. The van der Waals surface area contributed by atoms with Gasteiger partial charge in [-0.15, -0.1) is 6.26 Å². The molecule has 0 aromatic heterocycles. The van der Waals surface area contributed by atoms with E-state index in [1.807, 2.05) is 0 Å². The molecular weight excluding hydrogens is 90.1 g/mol. The van der Waals surface area contributed by atoms with Gasteiger partial charge in [0, 0.05) is 11.9 Å². The van der Waals surface area contributed by atoms with Crippen molar-refractivity contribution < 1.29 is 5.11 Å². The van der Waals surface area contributed by atoms with Gasteiger partial charge in [-0.1, -0.05) is 0 Å². The first-order valence-corrected chi connectivity index (χ1v) is 1.96. The molecule has 0 spiro atoms. The number of hydrogen-bond acceptors (Lipinski definition) is 2. The summed E-state index contributed by atoms with van der Waals surface area (Å²) < 4.78 is 0. The van der Waals surface area contributed by atoms with E-state index in [9.17, 15) is 5.11 Å². The van der Waals surface area contributed by atoms with E-state index in [1.165, 1.54) is 0 Å². The topological polar surface area (TPSA) is 35.4 Å². The van der Waals surface area contributed by atoms with Gasteiger partial charge in [0.25, 0.3) is 0 Å². The lowest BCUT2D eigenvalue weighted by Crippen LogP contribution is -1.86. The molecule has 1 aliphatic heterocycles. The second-order valence-corrected chi connectivity index (χ2v) is 1.18. The molecule has 0 amide bonds. The van der Waals surface area contributed by atoms with Gasteiger partial charge in [0.1, 0.15) is 0 Å². The van der Waals surface area contributed by atoms with Gasteiger partial charge >= 0.3 is 0 Å². The highest BCUT2D eigenvalue weighted by Gasteiger charge is 1.83. The lowest BCUT2D eigenvalue weighted by molar-refractivity contribution is -0.275. The standard InChI is InChI=1S/C5H5NO/c7-4-5-2-1-3-6-5/h1-4,7H/p-1/b5-4-. The van der Waals surface area contributed by atoms with E-state index in [4.69, 9.17) is 0 Å².